The second-order valence-corrected chi connectivity index (χ2v) is 3.54. The summed E-state index contributed by atoms with van der Waals surface area (Å²) in [5.74, 6) is -0.792. The molecule has 0 spiro atoms. The summed E-state index contributed by atoms with van der Waals surface area (Å²) < 4.78 is 52.7. The third-order valence-corrected chi connectivity index (χ3v) is 1.73. The van der Waals surface area contributed by atoms with E-state index in [0.29, 0.717) is 4.47 Å². The normalized spacial score (nSPS) is 11.5. The Morgan fingerprint density at radius 1 is 1.21 bits per heavy atom. The zero-order valence-electron chi connectivity index (χ0n) is 6.81. The molecule has 0 fully saturated rings. The highest BCUT2D eigenvalue weighted by atomic mass is 79.9. The van der Waals surface area contributed by atoms with E-state index in [1.807, 2.05) is 0 Å². The Bertz CT molecular complexity index is 308. The smallest absolute Gasteiger partial charge is 0.515 e. The maximum absolute atomic E-state index is 12.7. The van der Waals surface area contributed by atoms with Gasteiger partial charge in [0.05, 0.1) is 6.51 Å². The molecule has 0 atom stereocenters. The predicted octanol–water partition coefficient (Wildman–Crippen LogP) is 3.35. The molecule has 0 N–H and O–H groups in total. The Kier molecular flexibility index (Phi) is 3.41. The van der Waals surface area contributed by atoms with Crippen molar-refractivity contribution < 1.29 is 22.1 Å². The van der Waals surface area contributed by atoms with Crippen molar-refractivity contribution in [1.29, 1.82) is 0 Å². The zero-order chi connectivity index (χ0) is 10.8. The molecule has 78 valence electrons. The van der Waals surface area contributed by atoms with Crippen LogP contribution >= 0.6 is 15.9 Å². The van der Waals surface area contributed by atoms with Crippen LogP contribution < -0.4 is 4.74 Å². The first-order valence-electron chi connectivity index (χ1n) is 3.67. The monoisotopic (exact) mass is 271 g/mol. The number of halogens is 5. The minimum Gasteiger partial charge on any atom is -0.522 e. The SMILES string of the molecule is Fc1cc(Br)cc(OC[B-](F)(F)F)c1. The lowest BCUT2D eigenvalue weighted by atomic mass is 9.95. The Balaban J connectivity index is 2.68. The van der Waals surface area contributed by atoms with Crippen LogP contribution in [-0.2, 0) is 0 Å². The summed E-state index contributed by atoms with van der Waals surface area (Å²) in [5, 5.41) is 0. The quantitative estimate of drug-likeness (QED) is 0.605. The van der Waals surface area contributed by atoms with Gasteiger partial charge < -0.3 is 17.7 Å². The summed E-state index contributed by atoms with van der Waals surface area (Å²) in [5.41, 5.74) is 0. The van der Waals surface area contributed by atoms with Crippen molar-refractivity contribution in [2.24, 2.45) is 0 Å². The molecular weight excluding hydrogens is 267 g/mol. The molecule has 0 heterocycles. The molecule has 0 unspecified atom stereocenters. The fraction of sp³-hybridized carbons (Fsp3) is 0.143. The van der Waals surface area contributed by atoms with Gasteiger partial charge in [0, 0.05) is 10.5 Å². The second-order valence-electron chi connectivity index (χ2n) is 2.63. The molecule has 0 amide bonds. The van der Waals surface area contributed by atoms with E-state index in [0.717, 1.165) is 12.1 Å². The van der Waals surface area contributed by atoms with Gasteiger partial charge in [-0.1, -0.05) is 15.9 Å². The van der Waals surface area contributed by atoms with Gasteiger partial charge in [0.1, 0.15) is 11.6 Å². The van der Waals surface area contributed by atoms with E-state index < -0.39 is 19.3 Å². The minimum atomic E-state index is -5.01. The first-order valence-corrected chi connectivity index (χ1v) is 4.46. The summed E-state index contributed by atoms with van der Waals surface area (Å²) in [4.78, 5) is 0. The van der Waals surface area contributed by atoms with E-state index in [1.54, 1.807) is 0 Å². The van der Waals surface area contributed by atoms with Crippen molar-refractivity contribution in [2.45, 2.75) is 0 Å². The second kappa shape index (κ2) is 4.21. The van der Waals surface area contributed by atoms with E-state index in [-0.39, 0.29) is 5.75 Å². The van der Waals surface area contributed by atoms with Crippen LogP contribution in [0.25, 0.3) is 0 Å². The average molecular weight is 272 g/mol. The van der Waals surface area contributed by atoms with E-state index >= 15 is 0 Å². The highest BCUT2D eigenvalue weighted by Crippen LogP contribution is 2.21. The van der Waals surface area contributed by atoms with E-state index in [4.69, 9.17) is 0 Å². The molecule has 0 aromatic heterocycles. The van der Waals surface area contributed by atoms with Crippen molar-refractivity contribution in [3.05, 3.63) is 28.5 Å². The van der Waals surface area contributed by atoms with Gasteiger partial charge in [-0.3, -0.25) is 0 Å². The third kappa shape index (κ3) is 4.00. The average Bonchev–Trinajstić information content (AvgIpc) is 1.97. The lowest BCUT2D eigenvalue weighted by Gasteiger charge is -2.15. The van der Waals surface area contributed by atoms with Crippen molar-refractivity contribution in [2.75, 3.05) is 6.51 Å². The van der Waals surface area contributed by atoms with Crippen molar-refractivity contribution in [3.8, 4) is 5.75 Å². The van der Waals surface area contributed by atoms with Crippen molar-refractivity contribution in [1.82, 2.24) is 0 Å². The molecule has 1 aromatic rings. The fourth-order valence-corrected chi connectivity index (χ4v) is 1.25. The molecule has 0 saturated heterocycles. The maximum atomic E-state index is 12.7. The van der Waals surface area contributed by atoms with Gasteiger partial charge in [-0.15, -0.1) is 0 Å². The molecule has 0 aliphatic carbocycles. The van der Waals surface area contributed by atoms with Gasteiger partial charge >= 0.3 is 6.98 Å². The summed E-state index contributed by atoms with van der Waals surface area (Å²) in [6.45, 7) is -6.38. The van der Waals surface area contributed by atoms with E-state index in [2.05, 4.69) is 20.7 Å². The molecule has 14 heavy (non-hydrogen) atoms. The summed E-state index contributed by atoms with van der Waals surface area (Å²) >= 11 is 2.94. The van der Waals surface area contributed by atoms with Gasteiger partial charge in [0.2, 0.25) is 0 Å². The van der Waals surface area contributed by atoms with Gasteiger partial charge in [-0.2, -0.15) is 0 Å². The molecule has 0 aliphatic rings. The number of hydrogen-bond donors (Lipinski definition) is 0. The van der Waals surface area contributed by atoms with Crippen LogP contribution in [-0.4, -0.2) is 13.5 Å². The fourth-order valence-electron chi connectivity index (χ4n) is 0.803. The molecule has 0 aliphatic heterocycles. The first kappa shape index (κ1) is 11.4. The highest BCUT2D eigenvalue weighted by Gasteiger charge is 2.24. The van der Waals surface area contributed by atoms with Gasteiger partial charge in [-0.25, -0.2) is 4.39 Å². The molecule has 1 rings (SSSR count). The van der Waals surface area contributed by atoms with Crippen LogP contribution in [0.3, 0.4) is 0 Å². The van der Waals surface area contributed by atoms with Crippen LogP contribution in [0.15, 0.2) is 22.7 Å². The summed E-state index contributed by atoms with van der Waals surface area (Å²) in [6, 6.07) is 3.29. The Hall–Kier alpha value is -0.715. The van der Waals surface area contributed by atoms with Gasteiger partial charge in [0.25, 0.3) is 0 Å². The molecule has 7 heteroatoms. The number of benzene rings is 1. The van der Waals surface area contributed by atoms with Crippen LogP contribution in [0.1, 0.15) is 0 Å². The number of rotatable bonds is 3. The Morgan fingerprint density at radius 3 is 2.36 bits per heavy atom. The predicted molar refractivity (Wildman–Crippen MR) is 48.7 cm³/mol. The van der Waals surface area contributed by atoms with Crippen LogP contribution in [0.2, 0.25) is 0 Å². The largest absolute Gasteiger partial charge is 0.522 e. The molecule has 1 aromatic carbocycles. The van der Waals surface area contributed by atoms with Crippen LogP contribution in [0.4, 0.5) is 17.3 Å². The lowest BCUT2D eigenvalue weighted by molar-refractivity contribution is 0.312. The van der Waals surface area contributed by atoms with Crippen molar-refractivity contribution >= 4 is 22.9 Å². The van der Waals surface area contributed by atoms with E-state index in [9.17, 15) is 17.3 Å². The third-order valence-electron chi connectivity index (χ3n) is 1.28. The van der Waals surface area contributed by atoms with Crippen molar-refractivity contribution in [3.63, 3.8) is 0 Å². The Labute approximate surface area is 86.2 Å². The van der Waals surface area contributed by atoms with E-state index in [1.165, 1.54) is 6.07 Å². The van der Waals surface area contributed by atoms with Gasteiger partial charge in [0.15, 0.2) is 0 Å². The topological polar surface area (TPSA) is 9.23 Å². The highest BCUT2D eigenvalue weighted by molar-refractivity contribution is 9.10. The number of ether oxygens (including phenoxy) is 1. The molecular formula is C7H5BBrF4O-. The van der Waals surface area contributed by atoms with Gasteiger partial charge in [-0.05, 0) is 12.1 Å². The van der Waals surface area contributed by atoms with Crippen LogP contribution in [0.5, 0.6) is 5.75 Å². The standard InChI is InChI=1S/C7H5BBrF4O/c9-5-1-6(10)3-7(2-5)14-4-8(11,12)13/h1-3H,4H2/q-1. The zero-order valence-corrected chi connectivity index (χ0v) is 8.40. The molecule has 1 nitrogen and oxygen atoms in total. The summed E-state index contributed by atoms with van der Waals surface area (Å²) in [7, 11) is 0. The lowest BCUT2D eigenvalue weighted by Crippen LogP contribution is -2.26. The maximum Gasteiger partial charge on any atom is 0.515 e. The molecule has 0 radical (unpaired) electrons. The van der Waals surface area contributed by atoms with Crippen LogP contribution in [0, 0.1) is 5.82 Å². The molecule has 0 saturated carbocycles. The number of hydrogen-bond acceptors (Lipinski definition) is 1. The minimum absolute atomic E-state index is 0.143. The Morgan fingerprint density at radius 2 is 1.86 bits per heavy atom. The summed E-state index contributed by atoms with van der Waals surface area (Å²) in [6.07, 6.45) is 0. The first-order chi connectivity index (χ1) is 6.37. The molecule has 0 bridgehead atoms.